The second-order valence-corrected chi connectivity index (χ2v) is 9.55. The van der Waals surface area contributed by atoms with Gasteiger partial charge in [-0.2, -0.15) is 0 Å². The van der Waals surface area contributed by atoms with Crippen molar-refractivity contribution >= 4 is 16.7 Å². The first kappa shape index (κ1) is 22.4. The van der Waals surface area contributed by atoms with Gasteiger partial charge >= 0.3 is 0 Å². The molecule has 1 aliphatic heterocycles. The number of rotatable bonds is 4. The lowest BCUT2D eigenvalue weighted by Crippen LogP contribution is -2.27. The molecule has 176 valence electrons. The zero-order valence-electron chi connectivity index (χ0n) is 20.6. The summed E-state index contributed by atoms with van der Waals surface area (Å²) in [6, 6.07) is 12.9. The van der Waals surface area contributed by atoms with E-state index in [-0.39, 0.29) is 6.61 Å². The van der Waals surface area contributed by atoms with Crippen molar-refractivity contribution in [3.8, 4) is 16.9 Å². The Morgan fingerprint density at radius 1 is 1.06 bits per heavy atom. The second-order valence-electron chi connectivity index (χ2n) is 9.55. The number of anilines is 1. The molecular weight excluding hydrogens is 424 g/mol. The molecule has 4 aromatic rings. The number of hydrogen-bond donors (Lipinski definition) is 2. The van der Waals surface area contributed by atoms with Gasteiger partial charge in [0.05, 0.1) is 29.9 Å². The number of fused-ring (bicyclic) bond motifs is 2. The maximum atomic E-state index is 9.79. The van der Waals surface area contributed by atoms with Crippen molar-refractivity contribution in [3.63, 3.8) is 0 Å². The van der Waals surface area contributed by atoms with Crippen LogP contribution in [0.1, 0.15) is 53.7 Å². The topological polar surface area (TPSA) is 74.3 Å². The minimum absolute atomic E-state index is 0.0635. The SMILES string of the molecule is Cc1nc2ccc(-c3cc(C)c4c(c3)CN(c3cc(CO)nc(C)c3C(C)C)CCO4)cc2[nH]1. The number of aromatic nitrogens is 3. The zero-order valence-corrected chi connectivity index (χ0v) is 20.6. The van der Waals surface area contributed by atoms with Crippen LogP contribution in [-0.2, 0) is 13.2 Å². The van der Waals surface area contributed by atoms with E-state index in [0.717, 1.165) is 58.2 Å². The van der Waals surface area contributed by atoms with E-state index in [9.17, 15) is 5.11 Å². The maximum absolute atomic E-state index is 9.79. The van der Waals surface area contributed by atoms with E-state index >= 15 is 0 Å². The summed E-state index contributed by atoms with van der Waals surface area (Å²) in [7, 11) is 0. The number of hydrogen-bond acceptors (Lipinski definition) is 5. The number of aliphatic hydroxyl groups is 1. The van der Waals surface area contributed by atoms with Crippen LogP contribution in [0.3, 0.4) is 0 Å². The first-order chi connectivity index (χ1) is 16.3. The first-order valence-corrected chi connectivity index (χ1v) is 11.9. The number of aryl methyl sites for hydroxylation is 3. The number of H-pyrrole nitrogens is 1. The minimum Gasteiger partial charge on any atom is -0.491 e. The lowest BCUT2D eigenvalue weighted by molar-refractivity contribution is 0.276. The van der Waals surface area contributed by atoms with Gasteiger partial charge in [-0.1, -0.05) is 19.9 Å². The monoisotopic (exact) mass is 456 g/mol. The second kappa shape index (κ2) is 8.76. The summed E-state index contributed by atoms with van der Waals surface area (Å²) in [4.78, 5) is 14.9. The Kier molecular flexibility index (Phi) is 5.78. The first-order valence-electron chi connectivity index (χ1n) is 11.9. The maximum Gasteiger partial charge on any atom is 0.127 e. The Morgan fingerprint density at radius 3 is 2.65 bits per heavy atom. The Balaban J connectivity index is 1.58. The van der Waals surface area contributed by atoms with Gasteiger partial charge < -0.3 is 19.7 Å². The third-order valence-corrected chi connectivity index (χ3v) is 6.61. The molecule has 6 heteroatoms. The van der Waals surface area contributed by atoms with Crippen LogP contribution in [0.15, 0.2) is 36.4 Å². The summed E-state index contributed by atoms with van der Waals surface area (Å²) in [6.45, 7) is 12.6. The van der Waals surface area contributed by atoms with Gasteiger partial charge in [0, 0.05) is 23.5 Å². The summed E-state index contributed by atoms with van der Waals surface area (Å²) in [6.07, 6.45) is 0. The van der Waals surface area contributed by atoms with Gasteiger partial charge in [-0.15, -0.1) is 0 Å². The summed E-state index contributed by atoms with van der Waals surface area (Å²) >= 11 is 0. The van der Waals surface area contributed by atoms with Gasteiger partial charge in [0.2, 0.25) is 0 Å². The minimum atomic E-state index is -0.0635. The molecule has 6 nitrogen and oxygen atoms in total. The fourth-order valence-corrected chi connectivity index (χ4v) is 5.19. The van der Waals surface area contributed by atoms with E-state index in [1.807, 2.05) is 19.9 Å². The van der Waals surface area contributed by atoms with Gasteiger partial charge in [-0.05, 0) is 79.3 Å². The van der Waals surface area contributed by atoms with E-state index in [2.05, 4.69) is 71.0 Å². The highest BCUT2D eigenvalue weighted by atomic mass is 16.5. The lowest BCUT2D eigenvalue weighted by Gasteiger charge is -2.28. The van der Waals surface area contributed by atoms with Crippen LogP contribution in [-0.4, -0.2) is 33.2 Å². The van der Waals surface area contributed by atoms with E-state index in [1.165, 1.54) is 16.7 Å². The molecule has 0 spiro atoms. The quantitative estimate of drug-likeness (QED) is 0.420. The number of nitrogens with zero attached hydrogens (tertiary/aromatic N) is 3. The molecule has 0 bridgehead atoms. The molecule has 5 rings (SSSR count). The van der Waals surface area contributed by atoms with Gasteiger partial charge in [-0.25, -0.2) is 4.98 Å². The fraction of sp³-hybridized carbons (Fsp3) is 0.357. The van der Waals surface area contributed by atoms with Gasteiger partial charge in [-0.3, -0.25) is 4.98 Å². The largest absolute Gasteiger partial charge is 0.491 e. The smallest absolute Gasteiger partial charge is 0.127 e. The van der Waals surface area contributed by atoms with Crippen molar-refractivity contribution in [3.05, 3.63) is 70.3 Å². The van der Waals surface area contributed by atoms with Crippen LogP contribution in [0.4, 0.5) is 5.69 Å². The van der Waals surface area contributed by atoms with Crippen LogP contribution < -0.4 is 9.64 Å². The Bertz CT molecular complexity index is 1370. The lowest BCUT2D eigenvalue weighted by atomic mass is 9.96. The molecule has 0 amide bonds. The molecule has 2 aromatic heterocycles. The van der Waals surface area contributed by atoms with Crippen molar-refractivity contribution < 1.29 is 9.84 Å². The van der Waals surface area contributed by atoms with Crippen LogP contribution >= 0.6 is 0 Å². The van der Waals surface area contributed by atoms with E-state index in [0.29, 0.717) is 18.2 Å². The van der Waals surface area contributed by atoms with E-state index < -0.39 is 0 Å². The molecular formula is C28H32N4O2. The Hall–Kier alpha value is -3.38. The molecule has 0 aliphatic carbocycles. The van der Waals surface area contributed by atoms with Crippen molar-refractivity contribution in [1.29, 1.82) is 0 Å². The van der Waals surface area contributed by atoms with E-state index in [1.54, 1.807) is 0 Å². The molecule has 0 radical (unpaired) electrons. The highest BCUT2D eigenvalue weighted by Crippen LogP contribution is 2.37. The van der Waals surface area contributed by atoms with Crippen LogP contribution in [0.25, 0.3) is 22.2 Å². The normalized spacial score (nSPS) is 13.8. The number of aliphatic hydroxyl groups excluding tert-OH is 1. The summed E-state index contributed by atoms with van der Waals surface area (Å²) in [5, 5.41) is 9.79. The Morgan fingerprint density at radius 2 is 1.88 bits per heavy atom. The molecule has 0 saturated carbocycles. The number of nitrogens with one attached hydrogen (secondary N) is 1. The predicted molar refractivity (Wildman–Crippen MR) is 137 cm³/mol. The highest BCUT2D eigenvalue weighted by molar-refractivity contribution is 5.82. The number of benzene rings is 2. The van der Waals surface area contributed by atoms with Gasteiger partial charge in [0.15, 0.2) is 0 Å². The van der Waals surface area contributed by atoms with Crippen LogP contribution in [0.5, 0.6) is 5.75 Å². The average Bonchev–Trinajstić information content (AvgIpc) is 3.03. The molecule has 0 unspecified atom stereocenters. The fourth-order valence-electron chi connectivity index (χ4n) is 5.19. The molecule has 0 fully saturated rings. The molecule has 3 heterocycles. The highest BCUT2D eigenvalue weighted by Gasteiger charge is 2.23. The molecule has 2 N–H and O–H groups in total. The van der Waals surface area contributed by atoms with Gasteiger partial charge in [0.25, 0.3) is 0 Å². The van der Waals surface area contributed by atoms with Crippen molar-refractivity contribution in [2.45, 2.75) is 53.7 Å². The van der Waals surface area contributed by atoms with Crippen molar-refractivity contribution in [2.75, 3.05) is 18.1 Å². The molecule has 2 aromatic carbocycles. The number of pyridine rings is 1. The molecule has 34 heavy (non-hydrogen) atoms. The Labute approximate surface area is 200 Å². The molecule has 0 saturated heterocycles. The van der Waals surface area contributed by atoms with Crippen molar-refractivity contribution in [2.24, 2.45) is 0 Å². The predicted octanol–water partition coefficient (Wildman–Crippen LogP) is 5.56. The summed E-state index contributed by atoms with van der Waals surface area (Å²) in [5.41, 5.74) is 10.7. The summed E-state index contributed by atoms with van der Waals surface area (Å²) < 4.78 is 6.26. The summed E-state index contributed by atoms with van der Waals surface area (Å²) in [5.74, 6) is 2.23. The van der Waals surface area contributed by atoms with Gasteiger partial charge in [0.1, 0.15) is 18.2 Å². The number of imidazole rings is 1. The van der Waals surface area contributed by atoms with E-state index in [4.69, 9.17) is 4.74 Å². The van der Waals surface area contributed by atoms with Crippen LogP contribution in [0, 0.1) is 20.8 Å². The van der Waals surface area contributed by atoms with Crippen LogP contribution in [0.2, 0.25) is 0 Å². The van der Waals surface area contributed by atoms with Crippen molar-refractivity contribution in [1.82, 2.24) is 15.0 Å². The zero-order chi connectivity index (χ0) is 24.0. The standard InChI is InChI=1S/C28H32N4O2/c1-16(2)27-18(4)29-23(15-33)13-26(27)32-8-9-34-28-17(3)10-21(11-22(28)14-32)20-6-7-24-25(12-20)31-19(5)30-24/h6-7,10-13,16,33H,8-9,14-15H2,1-5H3,(H,30,31). The third-order valence-electron chi connectivity index (χ3n) is 6.61. The number of aromatic amines is 1. The third kappa shape index (κ3) is 4.03. The average molecular weight is 457 g/mol. The molecule has 1 aliphatic rings. The molecule has 0 atom stereocenters. The number of ether oxygens (including phenoxy) is 1.